The molecule has 6 heteroatoms. The van der Waals surface area contributed by atoms with Gasteiger partial charge in [-0.05, 0) is 24.0 Å². The third kappa shape index (κ3) is 5.67. The minimum Gasteiger partial charge on any atom is -0.466 e. The zero-order chi connectivity index (χ0) is 20.5. The predicted octanol–water partition coefficient (Wildman–Crippen LogP) is 2.38. The molecule has 0 aliphatic carbocycles. The Hall–Kier alpha value is -3.15. The van der Waals surface area contributed by atoms with Crippen LogP contribution in [0.2, 0.25) is 0 Å². The lowest BCUT2D eigenvalue weighted by molar-refractivity contribution is -0.144. The Morgan fingerprint density at radius 2 is 1.46 bits per heavy atom. The van der Waals surface area contributed by atoms with E-state index in [2.05, 4.69) is 5.32 Å². The fraction of sp³-hybridized carbons (Fsp3) is 0.318. The lowest BCUT2D eigenvalue weighted by Gasteiger charge is -2.25. The fourth-order valence-electron chi connectivity index (χ4n) is 3.12. The SMILES string of the molecule is CCOC(=O)C[C@@H](C)[C@@H](NC(=O)C(c1ccccc1)c1ccccc1)C(N)=O. The van der Waals surface area contributed by atoms with Crippen molar-refractivity contribution in [2.24, 2.45) is 11.7 Å². The fourth-order valence-corrected chi connectivity index (χ4v) is 3.12. The summed E-state index contributed by atoms with van der Waals surface area (Å²) in [4.78, 5) is 36.9. The molecule has 148 valence electrons. The molecule has 2 aromatic rings. The van der Waals surface area contributed by atoms with Crippen LogP contribution in [0.4, 0.5) is 0 Å². The van der Waals surface area contributed by atoms with Crippen LogP contribution in [0.3, 0.4) is 0 Å². The van der Waals surface area contributed by atoms with Gasteiger partial charge in [0.25, 0.3) is 0 Å². The number of esters is 1. The van der Waals surface area contributed by atoms with E-state index in [1.807, 2.05) is 60.7 Å². The molecule has 0 unspecified atom stereocenters. The lowest BCUT2D eigenvalue weighted by atomic mass is 9.89. The molecule has 0 fully saturated rings. The topological polar surface area (TPSA) is 98.5 Å². The van der Waals surface area contributed by atoms with Crippen molar-refractivity contribution in [2.75, 3.05) is 6.61 Å². The number of hydrogen-bond acceptors (Lipinski definition) is 4. The Morgan fingerprint density at radius 1 is 0.964 bits per heavy atom. The van der Waals surface area contributed by atoms with E-state index in [1.54, 1.807) is 13.8 Å². The van der Waals surface area contributed by atoms with Gasteiger partial charge in [0, 0.05) is 0 Å². The number of benzene rings is 2. The predicted molar refractivity (Wildman–Crippen MR) is 106 cm³/mol. The average Bonchev–Trinajstić information content (AvgIpc) is 2.68. The van der Waals surface area contributed by atoms with Crippen LogP contribution >= 0.6 is 0 Å². The molecule has 3 N–H and O–H groups in total. The third-order valence-electron chi connectivity index (χ3n) is 4.50. The molecule has 2 atom stereocenters. The van der Waals surface area contributed by atoms with Crippen LogP contribution < -0.4 is 11.1 Å². The highest BCUT2D eigenvalue weighted by Gasteiger charge is 2.31. The summed E-state index contributed by atoms with van der Waals surface area (Å²) in [7, 11) is 0. The summed E-state index contributed by atoms with van der Waals surface area (Å²) in [6, 6.07) is 17.6. The van der Waals surface area contributed by atoms with Crippen LogP contribution in [-0.4, -0.2) is 30.4 Å². The van der Waals surface area contributed by atoms with E-state index in [0.717, 1.165) is 11.1 Å². The molecule has 0 aromatic heterocycles. The van der Waals surface area contributed by atoms with E-state index in [4.69, 9.17) is 10.5 Å². The molecule has 2 aromatic carbocycles. The van der Waals surface area contributed by atoms with Crippen molar-refractivity contribution in [3.8, 4) is 0 Å². The van der Waals surface area contributed by atoms with E-state index >= 15 is 0 Å². The molecule has 0 bridgehead atoms. The Bertz CT molecular complexity index is 753. The highest BCUT2D eigenvalue weighted by atomic mass is 16.5. The van der Waals surface area contributed by atoms with Crippen LogP contribution in [0.5, 0.6) is 0 Å². The molecule has 2 amide bonds. The van der Waals surface area contributed by atoms with Crippen molar-refractivity contribution in [3.63, 3.8) is 0 Å². The van der Waals surface area contributed by atoms with Gasteiger partial charge in [0.15, 0.2) is 0 Å². The molecular formula is C22H26N2O4. The van der Waals surface area contributed by atoms with E-state index in [1.165, 1.54) is 0 Å². The van der Waals surface area contributed by atoms with E-state index in [9.17, 15) is 14.4 Å². The van der Waals surface area contributed by atoms with Gasteiger partial charge in [-0.15, -0.1) is 0 Å². The maximum Gasteiger partial charge on any atom is 0.306 e. The molecule has 0 saturated carbocycles. The first-order valence-electron chi connectivity index (χ1n) is 9.29. The van der Waals surface area contributed by atoms with E-state index in [-0.39, 0.29) is 18.9 Å². The second-order valence-electron chi connectivity index (χ2n) is 6.63. The maximum atomic E-state index is 13.1. The minimum absolute atomic E-state index is 0.0108. The van der Waals surface area contributed by atoms with E-state index in [0.29, 0.717) is 0 Å². The largest absolute Gasteiger partial charge is 0.466 e. The molecule has 2 rings (SSSR count). The molecular weight excluding hydrogens is 356 g/mol. The average molecular weight is 382 g/mol. The normalized spacial score (nSPS) is 12.8. The number of primary amides is 1. The minimum atomic E-state index is -0.980. The van der Waals surface area contributed by atoms with Gasteiger partial charge < -0.3 is 15.8 Å². The standard InChI is InChI=1S/C22H26N2O4/c1-3-28-18(25)14-15(2)20(21(23)26)24-22(27)19(16-10-6-4-7-11-16)17-12-8-5-9-13-17/h4-13,15,19-20H,3,14H2,1-2H3,(H2,23,26)(H,24,27)/t15-,20-/m1/s1. The van der Waals surface area contributed by atoms with Crippen molar-refractivity contribution in [1.82, 2.24) is 5.32 Å². The van der Waals surface area contributed by atoms with Crippen molar-refractivity contribution in [3.05, 3.63) is 71.8 Å². The maximum absolute atomic E-state index is 13.1. The molecule has 0 aliphatic heterocycles. The monoisotopic (exact) mass is 382 g/mol. The van der Waals surface area contributed by atoms with Crippen molar-refractivity contribution >= 4 is 17.8 Å². The summed E-state index contributed by atoms with van der Waals surface area (Å²) in [5.74, 6) is -2.56. The van der Waals surface area contributed by atoms with Gasteiger partial charge in [0.1, 0.15) is 6.04 Å². The summed E-state index contributed by atoms with van der Waals surface area (Å²) in [6.45, 7) is 3.65. The summed E-state index contributed by atoms with van der Waals surface area (Å²) in [5, 5.41) is 2.74. The summed E-state index contributed by atoms with van der Waals surface area (Å²) < 4.78 is 4.93. The lowest BCUT2D eigenvalue weighted by Crippen LogP contribution is -2.50. The number of ether oxygens (including phenoxy) is 1. The van der Waals surface area contributed by atoms with Crippen molar-refractivity contribution in [1.29, 1.82) is 0 Å². The van der Waals surface area contributed by atoms with E-state index < -0.39 is 29.8 Å². The number of amides is 2. The molecule has 0 aliphatic rings. The molecule has 0 radical (unpaired) electrons. The van der Waals surface area contributed by atoms with Gasteiger partial charge in [-0.2, -0.15) is 0 Å². The van der Waals surface area contributed by atoms with Gasteiger partial charge in [0.05, 0.1) is 18.9 Å². The van der Waals surface area contributed by atoms with Crippen molar-refractivity contribution < 1.29 is 19.1 Å². The van der Waals surface area contributed by atoms with Gasteiger partial charge in [0.2, 0.25) is 11.8 Å². The summed E-state index contributed by atoms with van der Waals surface area (Å²) in [5.41, 5.74) is 7.10. The van der Waals surface area contributed by atoms with Gasteiger partial charge in [-0.1, -0.05) is 67.6 Å². The Kier molecular flexibility index (Phi) is 7.75. The van der Waals surface area contributed by atoms with Gasteiger partial charge in [-0.25, -0.2) is 0 Å². The Balaban J connectivity index is 2.25. The number of nitrogens with two attached hydrogens (primary N) is 1. The van der Waals surface area contributed by atoms with Crippen LogP contribution in [0.1, 0.15) is 37.3 Å². The molecule has 28 heavy (non-hydrogen) atoms. The second kappa shape index (κ2) is 10.3. The van der Waals surface area contributed by atoms with Crippen LogP contribution in [0, 0.1) is 5.92 Å². The summed E-state index contributed by atoms with van der Waals surface area (Å²) in [6.07, 6.45) is -0.0108. The highest BCUT2D eigenvalue weighted by Crippen LogP contribution is 2.25. The van der Waals surface area contributed by atoms with Crippen molar-refractivity contribution in [2.45, 2.75) is 32.2 Å². The quantitative estimate of drug-likeness (QED) is 0.651. The highest BCUT2D eigenvalue weighted by molar-refractivity contribution is 5.92. The van der Waals surface area contributed by atoms with Crippen LogP contribution in [0.25, 0.3) is 0 Å². The Labute approximate surface area is 165 Å². The number of hydrogen-bond donors (Lipinski definition) is 2. The van der Waals surface area contributed by atoms with Crippen LogP contribution in [0.15, 0.2) is 60.7 Å². The first kappa shape index (κ1) is 21.2. The zero-order valence-electron chi connectivity index (χ0n) is 16.1. The number of nitrogens with one attached hydrogen (secondary N) is 1. The summed E-state index contributed by atoms with van der Waals surface area (Å²) >= 11 is 0. The smallest absolute Gasteiger partial charge is 0.306 e. The molecule has 0 heterocycles. The Morgan fingerprint density at radius 3 is 1.89 bits per heavy atom. The zero-order valence-corrected chi connectivity index (χ0v) is 16.1. The number of carbonyl (C=O) groups excluding carboxylic acids is 3. The van der Waals surface area contributed by atoms with Gasteiger partial charge in [-0.3, -0.25) is 14.4 Å². The number of carbonyl (C=O) groups is 3. The first-order valence-corrected chi connectivity index (χ1v) is 9.29. The van der Waals surface area contributed by atoms with Gasteiger partial charge >= 0.3 is 5.97 Å². The first-order chi connectivity index (χ1) is 13.4. The third-order valence-corrected chi connectivity index (χ3v) is 4.50. The second-order valence-corrected chi connectivity index (χ2v) is 6.63. The number of rotatable bonds is 9. The van der Waals surface area contributed by atoms with Crippen LogP contribution in [-0.2, 0) is 19.1 Å². The molecule has 6 nitrogen and oxygen atoms in total. The molecule has 0 spiro atoms. The molecule has 0 saturated heterocycles.